The first-order chi connectivity index (χ1) is 13.0. The van der Waals surface area contributed by atoms with Crippen LogP contribution in [0.3, 0.4) is 0 Å². The third-order valence-corrected chi connectivity index (χ3v) is 5.47. The van der Waals surface area contributed by atoms with Gasteiger partial charge in [-0.05, 0) is 42.8 Å². The van der Waals surface area contributed by atoms with Gasteiger partial charge in [-0.25, -0.2) is 4.39 Å². The van der Waals surface area contributed by atoms with E-state index in [0.717, 1.165) is 15.6 Å². The molecule has 0 aromatic heterocycles. The molecule has 0 radical (unpaired) electrons. The van der Waals surface area contributed by atoms with Crippen LogP contribution in [0.5, 0.6) is 5.75 Å². The van der Waals surface area contributed by atoms with Gasteiger partial charge in [-0.1, -0.05) is 39.8 Å². The minimum atomic E-state index is -0.310. The van der Waals surface area contributed by atoms with Crippen LogP contribution < -0.4 is 4.74 Å². The van der Waals surface area contributed by atoms with Crippen molar-refractivity contribution in [2.45, 2.75) is 18.7 Å². The van der Waals surface area contributed by atoms with E-state index >= 15 is 0 Å². The first kappa shape index (κ1) is 19.6. The number of nitrogens with zero attached hydrogens (tertiary/aromatic N) is 3. The summed E-state index contributed by atoms with van der Waals surface area (Å²) in [6.45, 7) is 2.15. The van der Waals surface area contributed by atoms with Crippen LogP contribution >= 0.6 is 27.7 Å². The molecule has 1 heterocycles. The fraction of sp³-hybridized carbons (Fsp3) is 0.211. The Bertz CT molecular complexity index is 902. The number of benzene rings is 2. The molecule has 140 valence electrons. The first-order valence-electron chi connectivity index (χ1n) is 8.15. The van der Waals surface area contributed by atoms with Gasteiger partial charge in [0.1, 0.15) is 11.6 Å². The zero-order valence-corrected chi connectivity index (χ0v) is 17.1. The maximum absolute atomic E-state index is 13.1. The minimum Gasteiger partial charge on any atom is -0.496 e. The molecule has 1 amide bonds. The number of methoxy groups -OCH3 is 1. The Morgan fingerprint density at radius 3 is 2.74 bits per heavy atom. The van der Waals surface area contributed by atoms with Crippen LogP contribution in [0.15, 0.2) is 57.1 Å². The standard InChI is InChI=1S/C19H17BrFN3O2S/c1-12-18(25)24(11-13-3-6-16(21)7-4-13)19(27-12)23-22-10-14-9-15(20)5-8-17(14)26-2/h3-10,12H,11H2,1-2H3/b22-10+,23-19+. The topological polar surface area (TPSA) is 54.3 Å². The molecule has 1 fully saturated rings. The predicted molar refractivity (Wildman–Crippen MR) is 110 cm³/mol. The van der Waals surface area contributed by atoms with Crippen LogP contribution in [-0.4, -0.2) is 34.5 Å². The number of carbonyl (C=O) groups excluding carboxylic acids is 1. The van der Waals surface area contributed by atoms with Gasteiger partial charge in [0.25, 0.3) is 0 Å². The summed E-state index contributed by atoms with van der Waals surface area (Å²) in [6, 6.07) is 11.6. The third kappa shape index (κ3) is 4.75. The molecule has 1 unspecified atom stereocenters. The van der Waals surface area contributed by atoms with E-state index in [1.807, 2.05) is 25.1 Å². The van der Waals surface area contributed by atoms with Crippen LogP contribution in [0.1, 0.15) is 18.1 Å². The van der Waals surface area contributed by atoms with Gasteiger partial charge in [0, 0.05) is 10.0 Å². The number of ether oxygens (including phenoxy) is 1. The number of thioether (sulfide) groups is 1. The van der Waals surface area contributed by atoms with Crippen molar-refractivity contribution in [3.63, 3.8) is 0 Å². The van der Waals surface area contributed by atoms with E-state index in [1.54, 1.807) is 30.4 Å². The van der Waals surface area contributed by atoms with E-state index in [4.69, 9.17) is 4.74 Å². The van der Waals surface area contributed by atoms with Crippen molar-refractivity contribution >= 4 is 45.0 Å². The van der Waals surface area contributed by atoms with Crippen molar-refractivity contribution in [3.8, 4) is 5.75 Å². The quantitative estimate of drug-likeness (QED) is 0.500. The van der Waals surface area contributed by atoms with E-state index in [9.17, 15) is 9.18 Å². The fourth-order valence-corrected chi connectivity index (χ4v) is 3.83. The summed E-state index contributed by atoms with van der Waals surface area (Å²) in [5.74, 6) is 0.322. The number of amides is 1. The van der Waals surface area contributed by atoms with Gasteiger partial charge in [-0.15, -0.1) is 5.10 Å². The lowest BCUT2D eigenvalue weighted by Crippen LogP contribution is -2.30. The molecular weight excluding hydrogens is 433 g/mol. The molecule has 1 atom stereocenters. The second-order valence-corrected chi connectivity index (χ2v) is 8.05. The second kappa shape index (κ2) is 8.67. The second-order valence-electron chi connectivity index (χ2n) is 5.82. The number of carbonyl (C=O) groups is 1. The summed E-state index contributed by atoms with van der Waals surface area (Å²) in [4.78, 5) is 14.0. The van der Waals surface area contributed by atoms with E-state index in [-0.39, 0.29) is 17.0 Å². The number of halogens is 2. The van der Waals surface area contributed by atoms with Crippen LogP contribution in [0.25, 0.3) is 0 Å². The molecule has 0 aliphatic carbocycles. The molecule has 2 aromatic carbocycles. The summed E-state index contributed by atoms with van der Waals surface area (Å²) in [7, 11) is 1.59. The molecular formula is C19H17BrFN3O2S. The molecule has 0 saturated carbocycles. The Morgan fingerprint density at radius 2 is 2.04 bits per heavy atom. The van der Waals surface area contributed by atoms with Gasteiger partial charge < -0.3 is 4.74 Å². The van der Waals surface area contributed by atoms with Gasteiger partial charge in [-0.2, -0.15) is 5.10 Å². The highest BCUT2D eigenvalue weighted by molar-refractivity contribution is 9.10. The van der Waals surface area contributed by atoms with Crippen molar-refractivity contribution in [1.29, 1.82) is 0 Å². The maximum Gasteiger partial charge on any atom is 0.242 e. The number of hydrogen-bond donors (Lipinski definition) is 0. The lowest BCUT2D eigenvalue weighted by Gasteiger charge is -2.15. The predicted octanol–water partition coefficient (Wildman–Crippen LogP) is 4.45. The molecule has 27 heavy (non-hydrogen) atoms. The summed E-state index contributed by atoms with van der Waals surface area (Å²) in [5, 5.41) is 8.64. The van der Waals surface area contributed by atoms with Crippen molar-refractivity contribution < 1.29 is 13.9 Å². The van der Waals surface area contributed by atoms with Crippen LogP contribution in [0.2, 0.25) is 0 Å². The smallest absolute Gasteiger partial charge is 0.242 e. The molecule has 2 aromatic rings. The van der Waals surface area contributed by atoms with Crippen molar-refractivity contribution in [1.82, 2.24) is 4.90 Å². The number of amidine groups is 1. The van der Waals surface area contributed by atoms with Gasteiger partial charge in [0.2, 0.25) is 5.91 Å². The van der Waals surface area contributed by atoms with E-state index in [1.165, 1.54) is 23.9 Å². The van der Waals surface area contributed by atoms with Crippen LogP contribution in [0, 0.1) is 5.82 Å². The van der Waals surface area contributed by atoms with Gasteiger partial charge >= 0.3 is 0 Å². The molecule has 1 saturated heterocycles. The van der Waals surface area contributed by atoms with E-state index in [0.29, 0.717) is 17.5 Å². The Balaban J connectivity index is 1.81. The summed E-state index contributed by atoms with van der Waals surface area (Å²) in [6.07, 6.45) is 1.58. The molecule has 0 bridgehead atoms. The van der Waals surface area contributed by atoms with Gasteiger partial charge in [0.05, 0.1) is 25.1 Å². The average molecular weight is 450 g/mol. The lowest BCUT2D eigenvalue weighted by atomic mass is 10.2. The molecule has 0 N–H and O–H groups in total. The molecule has 1 aliphatic rings. The first-order valence-corrected chi connectivity index (χ1v) is 9.82. The maximum atomic E-state index is 13.1. The zero-order valence-electron chi connectivity index (χ0n) is 14.7. The van der Waals surface area contributed by atoms with Gasteiger partial charge in [0.15, 0.2) is 5.17 Å². The SMILES string of the molecule is COc1ccc(Br)cc1/C=N/N=C1/SC(C)C(=O)N1Cc1ccc(F)cc1. The van der Waals surface area contributed by atoms with Crippen molar-refractivity contribution in [3.05, 3.63) is 63.9 Å². The number of hydrogen-bond acceptors (Lipinski definition) is 5. The van der Waals surface area contributed by atoms with Crippen molar-refractivity contribution in [2.24, 2.45) is 10.2 Å². The third-order valence-electron chi connectivity index (χ3n) is 3.91. The molecule has 8 heteroatoms. The highest BCUT2D eigenvalue weighted by Gasteiger charge is 2.35. The highest BCUT2D eigenvalue weighted by Crippen LogP contribution is 2.28. The van der Waals surface area contributed by atoms with Crippen molar-refractivity contribution in [2.75, 3.05) is 7.11 Å². The summed E-state index contributed by atoms with van der Waals surface area (Å²) in [5.41, 5.74) is 1.59. The Labute approximate surface area is 169 Å². The van der Waals surface area contributed by atoms with Crippen LogP contribution in [0.4, 0.5) is 4.39 Å². The average Bonchev–Trinajstić information content (AvgIpc) is 2.91. The van der Waals surface area contributed by atoms with E-state index < -0.39 is 0 Å². The fourth-order valence-electron chi connectivity index (χ4n) is 2.53. The Morgan fingerprint density at radius 1 is 1.30 bits per heavy atom. The molecule has 3 rings (SSSR count). The molecule has 1 aliphatic heterocycles. The molecule has 5 nitrogen and oxygen atoms in total. The minimum absolute atomic E-state index is 0.0432. The number of rotatable bonds is 5. The monoisotopic (exact) mass is 449 g/mol. The Kier molecular flexibility index (Phi) is 6.28. The zero-order chi connectivity index (χ0) is 19.4. The summed E-state index contributed by atoms with van der Waals surface area (Å²) < 4.78 is 19.3. The summed E-state index contributed by atoms with van der Waals surface area (Å²) >= 11 is 4.76. The normalized spacial score (nSPS) is 18.7. The largest absolute Gasteiger partial charge is 0.496 e. The van der Waals surface area contributed by atoms with Crippen LogP contribution in [-0.2, 0) is 11.3 Å². The Hall–Kier alpha value is -2.19. The van der Waals surface area contributed by atoms with E-state index in [2.05, 4.69) is 26.1 Å². The molecule has 0 spiro atoms. The van der Waals surface area contributed by atoms with Gasteiger partial charge in [-0.3, -0.25) is 9.69 Å². The highest BCUT2D eigenvalue weighted by atomic mass is 79.9. The lowest BCUT2D eigenvalue weighted by molar-refractivity contribution is -0.126.